The van der Waals surface area contributed by atoms with Crippen LogP contribution in [-0.2, 0) is 28.6 Å². The molecule has 0 aliphatic carbocycles. The molecule has 0 amide bonds. The Labute approximate surface area is 188 Å². The molecule has 2 heterocycles. The van der Waals surface area contributed by atoms with Crippen LogP contribution in [0.5, 0.6) is 0 Å². The van der Waals surface area contributed by atoms with Crippen LogP contribution in [-0.4, -0.2) is 51.5 Å². The predicted molar refractivity (Wildman–Crippen MR) is 117 cm³/mol. The number of aliphatic hydroxyl groups is 1. The largest absolute Gasteiger partial charge is 0.511 e. The van der Waals surface area contributed by atoms with E-state index in [4.69, 9.17) is 14.2 Å². The fraction of sp³-hybridized carbons (Fsp3) is 0.625. The van der Waals surface area contributed by atoms with Crippen LogP contribution < -0.4 is 0 Å². The number of aliphatic carboxylic acids is 1. The third-order valence-electron chi connectivity index (χ3n) is 5.78. The summed E-state index contributed by atoms with van der Waals surface area (Å²) >= 11 is 0. The Morgan fingerprint density at radius 1 is 1.28 bits per heavy atom. The second kappa shape index (κ2) is 10.0. The summed E-state index contributed by atoms with van der Waals surface area (Å²) < 4.78 is 16.8. The van der Waals surface area contributed by atoms with Gasteiger partial charge in [0, 0.05) is 12.8 Å². The molecule has 0 unspecified atom stereocenters. The highest BCUT2D eigenvalue weighted by Crippen LogP contribution is 2.42. The minimum atomic E-state index is -1.61. The van der Waals surface area contributed by atoms with Crippen molar-refractivity contribution in [2.75, 3.05) is 0 Å². The van der Waals surface area contributed by atoms with E-state index in [9.17, 15) is 24.6 Å². The van der Waals surface area contributed by atoms with Gasteiger partial charge in [0.05, 0.1) is 0 Å². The minimum Gasteiger partial charge on any atom is -0.511 e. The zero-order chi connectivity index (χ0) is 24.3. The van der Waals surface area contributed by atoms with Crippen molar-refractivity contribution in [2.24, 2.45) is 5.92 Å². The van der Waals surface area contributed by atoms with Gasteiger partial charge in [-0.15, -0.1) is 0 Å². The lowest BCUT2D eigenvalue weighted by molar-refractivity contribution is -0.177. The standard InChI is InChI=1S/C24H34O8/c1-7-15(3)20-24(22(28)29,32-23(5,6)31-20)12-8-9-14(2)10-11-17(25)19-18(26)13-16(4)30-21(19)27/h8,12,15-16,20,25H,2,7,9-11,13H2,1,3-6H3,(H,28,29)/b12-8+,19-17+/t15-,16+,20+,24-/m0/s1. The molecule has 0 aromatic rings. The van der Waals surface area contributed by atoms with E-state index >= 15 is 0 Å². The van der Waals surface area contributed by atoms with Crippen molar-refractivity contribution in [2.45, 2.75) is 90.3 Å². The van der Waals surface area contributed by atoms with Gasteiger partial charge in [-0.3, -0.25) is 4.79 Å². The number of hydrogen-bond donors (Lipinski definition) is 2. The van der Waals surface area contributed by atoms with Crippen LogP contribution in [0, 0.1) is 5.92 Å². The van der Waals surface area contributed by atoms with Crippen molar-refractivity contribution < 1.29 is 38.8 Å². The number of hydrogen-bond acceptors (Lipinski definition) is 7. The molecule has 0 radical (unpaired) electrons. The molecule has 2 fully saturated rings. The van der Waals surface area contributed by atoms with E-state index in [1.165, 1.54) is 6.08 Å². The molecule has 2 saturated heterocycles. The quantitative estimate of drug-likeness (QED) is 0.178. The van der Waals surface area contributed by atoms with Crippen LogP contribution in [0.4, 0.5) is 0 Å². The first-order valence-corrected chi connectivity index (χ1v) is 10.9. The molecule has 0 bridgehead atoms. The Bertz CT molecular complexity index is 817. The number of Topliss-reactive ketones (excluding diaryl/α,β-unsaturated/α-hetero) is 1. The number of ether oxygens (including phenoxy) is 3. The molecule has 8 heteroatoms. The maximum atomic E-state index is 12.2. The first kappa shape index (κ1) is 25.8. The second-order valence-corrected chi connectivity index (χ2v) is 9.05. The average molecular weight is 451 g/mol. The summed E-state index contributed by atoms with van der Waals surface area (Å²) in [7, 11) is 0. The van der Waals surface area contributed by atoms with Crippen LogP contribution >= 0.6 is 0 Å². The molecule has 0 aromatic carbocycles. The van der Waals surface area contributed by atoms with E-state index in [1.54, 1.807) is 26.8 Å². The summed E-state index contributed by atoms with van der Waals surface area (Å²) in [5.41, 5.74) is -1.22. The Kier molecular flexibility index (Phi) is 8.07. The molecule has 4 atom stereocenters. The van der Waals surface area contributed by atoms with E-state index in [2.05, 4.69) is 6.58 Å². The van der Waals surface area contributed by atoms with Crippen molar-refractivity contribution in [3.63, 3.8) is 0 Å². The highest BCUT2D eigenvalue weighted by molar-refractivity contribution is 6.19. The maximum absolute atomic E-state index is 12.2. The van der Waals surface area contributed by atoms with Crippen molar-refractivity contribution >= 4 is 17.7 Å². The van der Waals surface area contributed by atoms with Crippen molar-refractivity contribution in [3.05, 3.63) is 35.6 Å². The van der Waals surface area contributed by atoms with Gasteiger partial charge >= 0.3 is 11.9 Å². The zero-order valence-corrected chi connectivity index (χ0v) is 19.5. The fourth-order valence-electron chi connectivity index (χ4n) is 3.96. The van der Waals surface area contributed by atoms with E-state index in [0.29, 0.717) is 18.4 Å². The molecule has 2 N–H and O–H groups in total. The molecule has 2 aliphatic rings. The molecule has 0 aromatic heterocycles. The van der Waals surface area contributed by atoms with E-state index in [-0.39, 0.29) is 30.1 Å². The molecule has 2 aliphatic heterocycles. The number of rotatable bonds is 9. The number of carboxylic acid groups (broad SMARTS) is 1. The summed E-state index contributed by atoms with van der Waals surface area (Å²) in [5.74, 6) is -3.76. The van der Waals surface area contributed by atoms with Crippen LogP contribution in [0.25, 0.3) is 0 Å². The number of cyclic esters (lactones) is 1. The summed E-state index contributed by atoms with van der Waals surface area (Å²) in [6, 6.07) is 0. The van der Waals surface area contributed by atoms with Gasteiger partial charge in [0.1, 0.15) is 23.5 Å². The van der Waals surface area contributed by atoms with Gasteiger partial charge in [-0.25, -0.2) is 9.59 Å². The molecular weight excluding hydrogens is 416 g/mol. The van der Waals surface area contributed by atoms with Gasteiger partial charge in [0.25, 0.3) is 0 Å². The number of esters is 1. The number of carboxylic acids is 1. The Morgan fingerprint density at radius 2 is 1.94 bits per heavy atom. The van der Waals surface area contributed by atoms with Crippen LogP contribution in [0.3, 0.4) is 0 Å². The van der Waals surface area contributed by atoms with E-state index in [0.717, 1.165) is 6.42 Å². The summed E-state index contributed by atoms with van der Waals surface area (Å²) in [6.45, 7) is 12.8. The first-order chi connectivity index (χ1) is 14.8. The summed E-state index contributed by atoms with van der Waals surface area (Å²) in [4.78, 5) is 36.2. The number of aliphatic hydroxyl groups excluding tert-OH is 1. The third kappa shape index (κ3) is 5.66. The highest BCUT2D eigenvalue weighted by Gasteiger charge is 2.58. The summed E-state index contributed by atoms with van der Waals surface area (Å²) in [6.07, 6.45) is 3.51. The van der Waals surface area contributed by atoms with Crippen molar-refractivity contribution in [1.29, 1.82) is 0 Å². The molecule has 178 valence electrons. The number of allylic oxidation sites excluding steroid dienone is 3. The zero-order valence-electron chi connectivity index (χ0n) is 19.5. The van der Waals surface area contributed by atoms with Gasteiger partial charge in [0.15, 0.2) is 11.6 Å². The first-order valence-electron chi connectivity index (χ1n) is 10.9. The van der Waals surface area contributed by atoms with E-state index in [1.807, 2.05) is 13.8 Å². The average Bonchev–Trinajstić information content (AvgIpc) is 2.97. The number of carbonyl (C=O) groups excluding carboxylic acids is 2. The van der Waals surface area contributed by atoms with Crippen molar-refractivity contribution in [3.8, 4) is 0 Å². The third-order valence-corrected chi connectivity index (χ3v) is 5.78. The monoisotopic (exact) mass is 450 g/mol. The molecule has 0 spiro atoms. The fourth-order valence-corrected chi connectivity index (χ4v) is 3.96. The maximum Gasteiger partial charge on any atom is 0.345 e. The minimum absolute atomic E-state index is 0.0418. The smallest absolute Gasteiger partial charge is 0.345 e. The predicted octanol–water partition coefficient (Wildman–Crippen LogP) is 4.01. The lowest BCUT2D eigenvalue weighted by Crippen LogP contribution is -2.49. The topological polar surface area (TPSA) is 119 Å². The van der Waals surface area contributed by atoms with Gasteiger partial charge in [-0.2, -0.15) is 0 Å². The number of ketones is 1. The van der Waals surface area contributed by atoms with Gasteiger partial charge in [-0.05, 0) is 45.6 Å². The Balaban J connectivity index is 2.06. The van der Waals surface area contributed by atoms with Gasteiger partial charge in [-0.1, -0.05) is 38.5 Å². The Morgan fingerprint density at radius 3 is 2.50 bits per heavy atom. The Hall–Kier alpha value is -2.45. The highest BCUT2D eigenvalue weighted by atomic mass is 16.8. The van der Waals surface area contributed by atoms with Crippen LogP contribution in [0.1, 0.15) is 66.7 Å². The van der Waals surface area contributed by atoms with Crippen LogP contribution in [0.2, 0.25) is 0 Å². The van der Waals surface area contributed by atoms with Gasteiger partial charge < -0.3 is 24.4 Å². The molecule has 8 nitrogen and oxygen atoms in total. The normalized spacial score (nSPS) is 30.3. The molecule has 2 rings (SSSR count). The van der Waals surface area contributed by atoms with Crippen LogP contribution in [0.15, 0.2) is 35.6 Å². The van der Waals surface area contributed by atoms with Crippen molar-refractivity contribution in [1.82, 2.24) is 0 Å². The van der Waals surface area contributed by atoms with E-state index < -0.39 is 41.3 Å². The second-order valence-electron chi connectivity index (χ2n) is 9.05. The summed E-state index contributed by atoms with van der Waals surface area (Å²) in [5, 5.41) is 20.2. The lowest BCUT2D eigenvalue weighted by atomic mass is 9.85. The molecule has 0 saturated carbocycles. The molecular formula is C24H34O8. The van der Waals surface area contributed by atoms with Gasteiger partial charge in [0.2, 0.25) is 5.60 Å². The SMILES string of the molecule is C=C(C/C=C/[C@]1(C(=O)O)OC(C)(C)O[C@@H]1[C@@H](C)CC)CC/C(O)=C1/C(=O)C[C@@H](C)OC1=O. The number of carbonyl (C=O) groups is 3. The molecule has 32 heavy (non-hydrogen) atoms. The lowest BCUT2D eigenvalue weighted by Gasteiger charge is -2.29.